The average Bonchev–Trinajstić information content (AvgIpc) is 2.88. The van der Waals surface area contributed by atoms with Gasteiger partial charge in [0.2, 0.25) is 0 Å². The summed E-state index contributed by atoms with van der Waals surface area (Å²) in [6.45, 7) is 0.287. The molecule has 0 aliphatic carbocycles. The fourth-order valence-corrected chi connectivity index (χ4v) is 3.40. The molecular weight excluding hydrogens is 445 g/mol. The maximum Gasteiger partial charge on any atom is 0.326 e. The highest BCUT2D eigenvalue weighted by atomic mass is 19.1. The molecule has 4 rings (SSSR count). The summed E-state index contributed by atoms with van der Waals surface area (Å²) in [6, 6.07) is 30.9. The highest BCUT2D eigenvalue weighted by molar-refractivity contribution is 6.02. The molecular formula is C28H24FN3O3. The summed E-state index contributed by atoms with van der Waals surface area (Å²) >= 11 is 0. The Morgan fingerprint density at radius 1 is 0.743 bits per heavy atom. The van der Waals surface area contributed by atoms with E-state index in [0.717, 1.165) is 0 Å². The zero-order chi connectivity index (χ0) is 24.5. The van der Waals surface area contributed by atoms with Crippen LogP contribution in [-0.4, -0.2) is 25.0 Å². The fourth-order valence-electron chi connectivity index (χ4n) is 3.40. The molecule has 0 aliphatic heterocycles. The molecule has 176 valence electrons. The molecule has 0 atom stereocenters. The summed E-state index contributed by atoms with van der Waals surface area (Å²) in [5.74, 6) is 0.182. The Morgan fingerprint density at radius 3 is 2.03 bits per heavy atom. The van der Waals surface area contributed by atoms with E-state index in [9.17, 15) is 14.0 Å². The van der Waals surface area contributed by atoms with Crippen LogP contribution in [0.1, 0.15) is 10.4 Å². The molecule has 0 saturated heterocycles. The van der Waals surface area contributed by atoms with Crippen LogP contribution in [0.5, 0.6) is 11.5 Å². The second-order valence-corrected chi connectivity index (χ2v) is 7.59. The van der Waals surface area contributed by atoms with Crippen molar-refractivity contribution in [1.29, 1.82) is 0 Å². The molecule has 4 aromatic rings. The van der Waals surface area contributed by atoms with E-state index in [0.29, 0.717) is 22.9 Å². The van der Waals surface area contributed by atoms with Crippen molar-refractivity contribution in [2.24, 2.45) is 0 Å². The first-order valence-corrected chi connectivity index (χ1v) is 11.1. The van der Waals surface area contributed by atoms with Gasteiger partial charge in [0, 0.05) is 24.5 Å². The van der Waals surface area contributed by atoms with Gasteiger partial charge in [-0.3, -0.25) is 9.69 Å². The van der Waals surface area contributed by atoms with Crippen molar-refractivity contribution in [2.45, 2.75) is 0 Å². The molecule has 35 heavy (non-hydrogen) atoms. The van der Waals surface area contributed by atoms with E-state index in [4.69, 9.17) is 4.74 Å². The first kappa shape index (κ1) is 23.5. The molecule has 2 N–H and O–H groups in total. The van der Waals surface area contributed by atoms with Crippen LogP contribution in [0.3, 0.4) is 0 Å². The number of rotatable bonds is 8. The standard InChI is InChI=1S/C28H24FN3O3/c29-26-14-8-7-13-25(26)27(33)30-19-20-32(28(34)31-21-9-3-1-4-10-21)22-15-17-24(18-16-22)35-23-11-5-2-6-12-23/h1-18H,19-20H2,(H,30,33)(H,31,34). The second-order valence-electron chi connectivity index (χ2n) is 7.59. The summed E-state index contributed by atoms with van der Waals surface area (Å²) < 4.78 is 19.7. The van der Waals surface area contributed by atoms with E-state index in [1.807, 2.05) is 48.5 Å². The van der Waals surface area contributed by atoms with E-state index in [-0.39, 0.29) is 24.7 Å². The van der Waals surface area contributed by atoms with E-state index in [1.165, 1.54) is 23.1 Å². The van der Waals surface area contributed by atoms with Gasteiger partial charge >= 0.3 is 6.03 Å². The van der Waals surface area contributed by atoms with Gasteiger partial charge in [-0.25, -0.2) is 9.18 Å². The van der Waals surface area contributed by atoms with Crippen molar-refractivity contribution in [3.63, 3.8) is 0 Å². The number of para-hydroxylation sites is 2. The topological polar surface area (TPSA) is 70.7 Å². The van der Waals surface area contributed by atoms with Crippen molar-refractivity contribution in [3.05, 3.63) is 121 Å². The number of hydrogen-bond donors (Lipinski definition) is 2. The van der Waals surface area contributed by atoms with Crippen LogP contribution in [0.4, 0.5) is 20.6 Å². The Morgan fingerprint density at radius 2 is 1.34 bits per heavy atom. The molecule has 0 spiro atoms. The quantitative estimate of drug-likeness (QED) is 0.328. The number of nitrogens with zero attached hydrogens (tertiary/aromatic N) is 1. The third-order valence-electron chi connectivity index (χ3n) is 5.14. The van der Waals surface area contributed by atoms with Crippen LogP contribution < -0.4 is 20.3 Å². The lowest BCUT2D eigenvalue weighted by Gasteiger charge is -2.24. The number of urea groups is 1. The summed E-state index contributed by atoms with van der Waals surface area (Å²) in [6.07, 6.45) is 0. The third-order valence-corrected chi connectivity index (χ3v) is 5.14. The van der Waals surface area contributed by atoms with Gasteiger partial charge in [0.1, 0.15) is 17.3 Å². The van der Waals surface area contributed by atoms with E-state index < -0.39 is 11.7 Å². The third kappa shape index (κ3) is 6.45. The number of hydrogen-bond acceptors (Lipinski definition) is 3. The van der Waals surface area contributed by atoms with Gasteiger partial charge in [-0.05, 0) is 60.7 Å². The summed E-state index contributed by atoms with van der Waals surface area (Å²) in [5.41, 5.74) is 1.20. The Balaban J connectivity index is 1.47. The van der Waals surface area contributed by atoms with Crippen molar-refractivity contribution in [1.82, 2.24) is 5.32 Å². The molecule has 0 heterocycles. The summed E-state index contributed by atoms with van der Waals surface area (Å²) in [5, 5.41) is 5.53. The zero-order valence-corrected chi connectivity index (χ0v) is 18.9. The molecule has 0 aliphatic rings. The van der Waals surface area contributed by atoms with Crippen LogP contribution >= 0.6 is 0 Å². The Bertz CT molecular complexity index is 1270. The number of ether oxygens (including phenoxy) is 1. The number of nitrogens with one attached hydrogen (secondary N) is 2. The minimum atomic E-state index is -0.599. The van der Waals surface area contributed by atoms with Gasteiger partial charge in [0.05, 0.1) is 5.56 Å². The number of anilines is 2. The lowest BCUT2D eigenvalue weighted by Crippen LogP contribution is -2.41. The van der Waals surface area contributed by atoms with E-state index in [2.05, 4.69) is 10.6 Å². The van der Waals surface area contributed by atoms with E-state index >= 15 is 0 Å². The molecule has 0 fully saturated rings. The lowest BCUT2D eigenvalue weighted by molar-refractivity contribution is 0.0950. The monoisotopic (exact) mass is 469 g/mol. The normalized spacial score (nSPS) is 10.3. The fraction of sp³-hybridized carbons (Fsp3) is 0.0714. The SMILES string of the molecule is O=C(NCCN(C(=O)Nc1ccccc1)c1ccc(Oc2ccccc2)cc1)c1ccccc1F. The van der Waals surface area contributed by atoms with Gasteiger partial charge in [0.25, 0.3) is 5.91 Å². The van der Waals surface area contributed by atoms with Gasteiger partial charge in [-0.1, -0.05) is 48.5 Å². The maximum atomic E-state index is 13.9. The van der Waals surface area contributed by atoms with Gasteiger partial charge in [-0.2, -0.15) is 0 Å². The highest BCUT2D eigenvalue weighted by Gasteiger charge is 2.17. The lowest BCUT2D eigenvalue weighted by atomic mass is 10.2. The molecule has 0 saturated carbocycles. The minimum Gasteiger partial charge on any atom is -0.457 e. The molecule has 6 nitrogen and oxygen atoms in total. The Hall–Kier alpha value is -4.65. The summed E-state index contributed by atoms with van der Waals surface area (Å²) in [4.78, 5) is 27.0. The Kier molecular flexibility index (Phi) is 7.70. The first-order chi connectivity index (χ1) is 17.1. The number of carbonyl (C=O) groups is 2. The van der Waals surface area contributed by atoms with Gasteiger partial charge < -0.3 is 15.4 Å². The second kappa shape index (κ2) is 11.5. The number of benzene rings is 4. The predicted molar refractivity (Wildman–Crippen MR) is 134 cm³/mol. The summed E-state index contributed by atoms with van der Waals surface area (Å²) in [7, 11) is 0. The molecule has 4 aromatic carbocycles. The smallest absolute Gasteiger partial charge is 0.326 e. The van der Waals surface area contributed by atoms with E-state index in [1.54, 1.807) is 42.5 Å². The van der Waals surface area contributed by atoms with Crippen LogP contribution in [0, 0.1) is 5.82 Å². The average molecular weight is 470 g/mol. The number of carbonyl (C=O) groups excluding carboxylic acids is 2. The predicted octanol–water partition coefficient (Wildman–Crippen LogP) is 6.09. The first-order valence-electron chi connectivity index (χ1n) is 11.1. The van der Waals surface area contributed by atoms with Crippen LogP contribution in [0.15, 0.2) is 109 Å². The molecule has 0 radical (unpaired) electrons. The van der Waals surface area contributed by atoms with Crippen molar-refractivity contribution in [2.75, 3.05) is 23.3 Å². The Labute approximate surface area is 203 Å². The van der Waals surface area contributed by atoms with Crippen molar-refractivity contribution < 1.29 is 18.7 Å². The van der Waals surface area contributed by atoms with Gasteiger partial charge in [-0.15, -0.1) is 0 Å². The molecule has 0 aromatic heterocycles. The van der Waals surface area contributed by atoms with Crippen molar-refractivity contribution >= 4 is 23.3 Å². The largest absolute Gasteiger partial charge is 0.457 e. The molecule has 3 amide bonds. The number of amides is 3. The number of halogens is 1. The molecule has 0 bridgehead atoms. The molecule has 7 heteroatoms. The van der Waals surface area contributed by atoms with Crippen LogP contribution in [0.25, 0.3) is 0 Å². The van der Waals surface area contributed by atoms with Crippen molar-refractivity contribution in [3.8, 4) is 11.5 Å². The molecule has 0 unspecified atom stereocenters. The maximum absolute atomic E-state index is 13.9. The highest BCUT2D eigenvalue weighted by Crippen LogP contribution is 2.25. The van der Waals surface area contributed by atoms with Crippen LogP contribution in [0.2, 0.25) is 0 Å². The zero-order valence-electron chi connectivity index (χ0n) is 18.9. The minimum absolute atomic E-state index is 0.0461. The van der Waals surface area contributed by atoms with Crippen LogP contribution in [-0.2, 0) is 0 Å². The van der Waals surface area contributed by atoms with Gasteiger partial charge in [0.15, 0.2) is 0 Å².